The second-order valence-corrected chi connectivity index (χ2v) is 6.08. The number of hydrogen-bond acceptors (Lipinski definition) is 4. The van der Waals surface area contributed by atoms with Crippen molar-refractivity contribution < 1.29 is 33.9 Å². The summed E-state index contributed by atoms with van der Waals surface area (Å²) < 4.78 is 12.7. The summed E-state index contributed by atoms with van der Waals surface area (Å²) in [4.78, 5) is 28.9. The molecule has 19 heavy (non-hydrogen) atoms. The van der Waals surface area contributed by atoms with E-state index in [9.17, 15) is 14.5 Å². The van der Waals surface area contributed by atoms with Crippen molar-refractivity contribution in [3.63, 3.8) is 0 Å². The second kappa shape index (κ2) is 5.85. The molecular weight excluding hydrogens is 293 g/mol. The average Bonchev–Trinajstić information content (AvgIpc) is 2.28. The third-order valence-corrected chi connectivity index (χ3v) is 3.94. The van der Waals surface area contributed by atoms with Gasteiger partial charge in [-0.1, -0.05) is 12.2 Å². The standard InChI is InChI=1S/C10H12NO6PS/c12-9(13)10(14,18(15,16)17)6-8-2-1-3-11(7-8)4-5-19/h1-3,5,7,14H,4,6H2,(H2-,12,13,15,16,17)/p+1. The fourth-order valence-electron chi connectivity index (χ4n) is 1.47. The van der Waals surface area contributed by atoms with Crippen LogP contribution in [0.15, 0.2) is 24.5 Å². The van der Waals surface area contributed by atoms with E-state index in [1.807, 2.05) is 0 Å². The molecule has 104 valence electrons. The number of hydrogen-bond donors (Lipinski definition) is 4. The number of carboxylic acid groups (broad SMARTS) is 1. The molecule has 0 radical (unpaired) electrons. The largest absolute Gasteiger partial charge is 0.479 e. The van der Waals surface area contributed by atoms with E-state index >= 15 is 0 Å². The quantitative estimate of drug-likeness (QED) is 0.317. The van der Waals surface area contributed by atoms with Gasteiger partial charge >= 0.3 is 13.6 Å². The van der Waals surface area contributed by atoms with E-state index in [0.717, 1.165) is 0 Å². The lowest BCUT2D eigenvalue weighted by molar-refractivity contribution is -0.681. The first-order valence-corrected chi connectivity index (χ1v) is 7.22. The highest BCUT2D eigenvalue weighted by Crippen LogP contribution is 2.50. The molecule has 1 aromatic rings. The molecule has 0 aliphatic rings. The first kappa shape index (κ1) is 15.9. The molecule has 1 unspecified atom stereocenters. The highest BCUT2D eigenvalue weighted by atomic mass is 32.1. The Hall–Kier alpha value is -1.18. The van der Waals surface area contributed by atoms with Gasteiger partial charge in [-0.15, -0.1) is 0 Å². The van der Waals surface area contributed by atoms with Crippen molar-refractivity contribution >= 4 is 31.2 Å². The minimum Gasteiger partial charge on any atom is -0.479 e. The number of pyridine rings is 1. The van der Waals surface area contributed by atoms with E-state index < -0.39 is 25.3 Å². The second-order valence-electron chi connectivity index (χ2n) is 3.92. The van der Waals surface area contributed by atoms with E-state index in [0.29, 0.717) is 6.54 Å². The van der Waals surface area contributed by atoms with Crippen LogP contribution in [-0.4, -0.2) is 36.7 Å². The molecule has 9 heteroatoms. The lowest BCUT2D eigenvalue weighted by atomic mass is 10.1. The maximum Gasteiger partial charge on any atom is 0.368 e. The lowest BCUT2D eigenvalue weighted by Crippen LogP contribution is -2.41. The van der Waals surface area contributed by atoms with Gasteiger partial charge < -0.3 is 20.0 Å². The third kappa shape index (κ3) is 3.65. The van der Waals surface area contributed by atoms with Crippen molar-refractivity contribution in [2.75, 3.05) is 0 Å². The first-order chi connectivity index (χ1) is 8.70. The Morgan fingerprint density at radius 1 is 1.53 bits per heavy atom. The van der Waals surface area contributed by atoms with Crippen LogP contribution < -0.4 is 4.57 Å². The van der Waals surface area contributed by atoms with Crippen LogP contribution in [0.5, 0.6) is 0 Å². The van der Waals surface area contributed by atoms with E-state index in [4.69, 9.17) is 14.9 Å². The molecule has 1 aromatic heterocycles. The Balaban J connectivity index is 3.11. The van der Waals surface area contributed by atoms with Crippen molar-refractivity contribution in [2.24, 2.45) is 0 Å². The number of carboxylic acids is 1. The predicted octanol–water partition coefficient (Wildman–Crippen LogP) is -0.533. The van der Waals surface area contributed by atoms with Gasteiger partial charge in [-0.25, -0.2) is 9.36 Å². The number of rotatable bonds is 6. The summed E-state index contributed by atoms with van der Waals surface area (Å²) >= 11 is 4.67. The van der Waals surface area contributed by atoms with Gasteiger partial charge in [0.15, 0.2) is 18.9 Å². The fraction of sp³-hybridized carbons (Fsp3) is 0.300. The molecule has 0 aromatic carbocycles. The molecule has 0 bridgehead atoms. The molecule has 0 aliphatic heterocycles. The molecule has 0 fully saturated rings. The zero-order chi connectivity index (χ0) is 14.7. The van der Waals surface area contributed by atoms with Crippen LogP contribution in [0.2, 0.25) is 0 Å². The molecular formula is C10H13NO6PS+. The van der Waals surface area contributed by atoms with Crippen molar-refractivity contribution in [3.05, 3.63) is 30.1 Å². The van der Waals surface area contributed by atoms with Crippen molar-refractivity contribution in [1.29, 1.82) is 0 Å². The number of thiocarbonyl (C=S) groups is 1. The molecule has 1 rings (SSSR count). The van der Waals surface area contributed by atoms with Gasteiger partial charge in [0.25, 0.3) is 5.34 Å². The number of carbonyl (C=O) groups is 1. The summed E-state index contributed by atoms with van der Waals surface area (Å²) in [5.41, 5.74) is 0.271. The molecule has 0 saturated heterocycles. The van der Waals surface area contributed by atoms with E-state index in [1.54, 1.807) is 16.8 Å². The summed E-state index contributed by atoms with van der Waals surface area (Å²) in [5, 5.41) is 16.8. The van der Waals surface area contributed by atoms with Crippen LogP contribution in [0.4, 0.5) is 0 Å². The van der Waals surface area contributed by atoms with Gasteiger partial charge in [0, 0.05) is 23.4 Å². The Labute approximate surface area is 114 Å². The summed E-state index contributed by atoms with van der Waals surface area (Å²) in [5.74, 6) is -1.97. The Kier molecular flexibility index (Phi) is 4.89. The number of nitrogens with zero attached hydrogens (tertiary/aromatic N) is 1. The van der Waals surface area contributed by atoms with Crippen LogP contribution in [-0.2, 0) is 22.3 Å². The third-order valence-electron chi connectivity index (χ3n) is 2.48. The molecule has 1 heterocycles. The van der Waals surface area contributed by atoms with Gasteiger partial charge in [-0.05, 0) is 6.07 Å². The minimum atomic E-state index is -5.22. The normalized spacial score (nSPS) is 14.7. The van der Waals surface area contributed by atoms with Gasteiger partial charge in [-0.2, -0.15) is 0 Å². The summed E-state index contributed by atoms with van der Waals surface area (Å²) in [6.45, 7) is 0.380. The highest BCUT2D eigenvalue weighted by molar-refractivity contribution is 7.78. The molecule has 0 saturated carbocycles. The average molecular weight is 306 g/mol. The summed E-state index contributed by atoms with van der Waals surface area (Å²) in [6.07, 6.45) is 2.42. The lowest BCUT2D eigenvalue weighted by Gasteiger charge is -2.23. The Morgan fingerprint density at radius 3 is 2.63 bits per heavy atom. The molecule has 7 nitrogen and oxygen atoms in total. The summed E-state index contributed by atoms with van der Waals surface area (Å²) in [6, 6.07) is 3.03. The van der Waals surface area contributed by atoms with Gasteiger partial charge in [0.2, 0.25) is 0 Å². The topological polar surface area (TPSA) is 119 Å². The van der Waals surface area contributed by atoms with Gasteiger partial charge in [0.1, 0.15) is 0 Å². The van der Waals surface area contributed by atoms with Crippen LogP contribution in [0.3, 0.4) is 0 Å². The number of aliphatic carboxylic acids is 1. The molecule has 0 aliphatic carbocycles. The van der Waals surface area contributed by atoms with Crippen LogP contribution in [0, 0.1) is 0 Å². The van der Waals surface area contributed by atoms with Crippen molar-refractivity contribution in [3.8, 4) is 0 Å². The van der Waals surface area contributed by atoms with Crippen LogP contribution in [0.25, 0.3) is 0 Å². The zero-order valence-corrected chi connectivity index (χ0v) is 11.4. The Bertz CT molecular complexity index is 545. The van der Waals surface area contributed by atoms with E-state index in [2.05, 4.69) is 12.2 Å². The SMILES string of the molecule is O=C(O)C(O)(Cc1ccc[n+](CC=S)c1)P(=O)(O)O. The monoisotopic (exact) mass is 306 g/mol. The molecule has 4 N–H and O–H groups in total. The van der Waals surface area contributed by atoms with Gasteiger partial charge in [0.05, 0.1) is 0 Å². The number of aromatic nitrogens is 1. The fourth-order valence-corrected chi connectivity index (χ4v) is 2.28. The van der Waals surface area contributed by atoms with Crippen LogP contribution >= 0.6 is 19.8 Å². The maximum absolute atomic E-state index is 11.1. The smallest absolute Gasteiger partial charge is 0.368 e. The zero-order valence-electron chi connectivity index (χ0n) is 9.71. The molecule has 1 atom stereocenters. The predicted molar refractivity (Wildman–Crippen MR) is 68.6 cm³/mol. The first-order valence-electron chi connectivity index (χ1n) is 5.14. The molecule has 0 amide bonds. The van der Waals surface area contributed by atoms with Gasteiger partial charge in [-0.3, -0.25) is 4.57 Å². The maximum atomic E-state index is 11.1. The molecule has 0 spiro atoms. The van der Waals surface area contributed by atoms with Crippen molar-refractivity contribution in [2.45, 2.75) is 18.3 Å². The highest BCUT2D eigenvalue weighted by Gasteiger charge is 2.53. The van der Waals surface area contributed by atoms with Crippen LogP contribution in [0.1, 0.15) is 5.56 Å². The van der Waals surface area contributed by atoms with E-state index in [-0.39, 0.29) is 5.56 Å². The number of aliphatic hydroxyl groups is 1. The minimum absolute atomic E-state index is 0.271. The Morgan fingerprint density at radius 2 is 2.16 bits per heavy atom. The van der Waals surface area contributed by atoms with E-state index in [1.165, 1.54) is 17.6 Å². The summed E-state index contributed by atoms with van der Waals surface area (Å²) in [7, 11) is -5.22. The van der Waals surface area contributed by atoms with Crippen molar-refractivity contribution in [1.82, 2.24) is 0 Å².